The summed E-state index contributed by atoms with van der Waals surface area (Å²) in [6.45, 7) is 0. The number of nitrogens with zero attached hydrogens (tertiary/aromatic N) is 1. The van der Waals surface area contributed by atoms with Gasteiger partial charge in [-0.3, -0.25) is 0 Å². The maximum Gasteiger partial charge on any atom is 0.248 e. The molecule has 1 fully saturated rings. The highest BCUT2D eigenvalue weighted by Crippen LogP contribution is 2.44. The Balaban J connectivity index is 2.04. The summed E-state index contributed by atoms with van der Waals surface area (Å²) in [5, 5.41) is 9.78. The number of halogens is 2. The van der Waals surface area contributed by atoms with Crippen LogP contribution in [0.5, 0.6) is 0 Å². The molecule has 1 heterocycles. The van der Waals surface area contributed by atoms with Gasteiger partial charge in [0.1, 0.15) is 0 Å². The van der Waals surface area contributed by atoms with Crippen molar-refractivity contribution in [2.75, 3.05) is 0 Å². The van der Waals surface area contributed by atoms with Crippen molar-refractivity contribution in [3.63, 3.8) is 0 Å². The fraction of sp³-hybridized carbons (Fsp3) is 0.667. The molecule has 14 heavy (non-hydrogen) atoms. The maximum atomic E-state index is 12.9. The molecule has 0 aliphatic heterocycles. The molecule has 1 aromatic rings. The molecule has 5 heteroatoms. The summed E-state index contributed by atoms with van der Waals surface area (Å²) in [6.07, 6.45) is 0.901. The molecule has 1 aromatic heterocycles. The van der Waals surface area contributed by atoms with Gasteiger partial charge in [-0.2, -0.15) is 0 Å². The van der Waals surface area contributed by atoms with E-state index in [2.05, 4.69) is 4.37 Å². The van der Waals surface area contributed by atoms with E-state index in [1.54, 1.807) is 12.3 Å². The summed E-state index contributed by atoms with van der Waals surface area (Å²) in [4.78, 5) is 0.688. The van der Waals surface area contributed by atoms with E-state index in [9.17, 15) is 13.9 Å². The minimum atomic E-state index is -2.59. The number of aliphatic hydroxyl groups excluding tert-OH is 1. The van der Waals surface area contributed by atoms with Gasteiger partial charge in [-0.25, -0.2) is 13.2 Å². The van der Waals surface area contributed by atoms with Crippen molar-refractivity contribution in [1.82, 2.24) is 4.37 Å². The topological polar surface area (TPSA) is 33.1 Å². The second-order valence-electron chi connectivity index (χ2n) is 3.72. The summed E-state index contributed by atoms with van der Waals surface area (Å²) < 4.78 is 29.6. The number of rotatable bonds is 2. The predicted octanol–water partition coefficient (Wildman–Crippen LogP) is 2.61. The van der Waals surface area contributed by atoms with E-state index in [1.807, 2.05) is 0 Å². The van der Waals surface area contributed by atoms with Gasteiger partial charge in [0.25, 0.3) is 0 Å². The number of alkyl halides is 2. The van der Waals surface area contributed by atoms with Crippen molar-refractivity contribution in [1.29, 1.82) is 0 Å². The minimum absolute atomic E-state index is 0.104. The second kappa shape index (κ2) is 3.55. The first-order valence-electron chi connectivity index (χ1n) is 4.55. The predicted molar refractivity (Wildman–Crippen MR) is 49.4 cm³/mol. The first-order chi connectivity index (χ1) is 6.58. The van der Waals surface area contributed by atoms with Crippen LogP contribution >= 0.6 is 11.5 Å². The first kappa shape index (κ1) is 9.98. The zero-order valence-corrected chi connectivity index (χ0v) is 8.31. The second-order valence-corrected chi connectivity index (χ2v) is 4.58. The molecule has 0 aromatic carbocycles. The van der Waals surface area contributed by atoms with Gasteiger partial charge in [0.15, 0.2) is 0 Å². The van der Waals surface area contributed by atoms with Crippen molar-refractivity contribution >= 4 is 11.5 Å². The minimum Gasteiger partial charge on any atom is -0.387 e. The lowest BCUT2D eigenvalue weighted by atomic mass is 9.99. The third-order valence-electron chi connectivity index (χ3n) is 2.64. The summed E-state index contributed by atoms with van der Waals surface area (Å²) in [5.74, 6) is -2.90. The van der Waals surface area contributed by atoms with E-state index >= 15 is 0 Å². The lowest BCUT2D eigenvalue weighted by Crippen LogP contribution is -2.13. The lowest BCUT2D eigenvalue weighted by molar-refractivity contribution is -0.00477. The first-order valence-corrected chi connectivity index (χ1v) is 5.32. The van der Waals surface area contributed by atoms with Crippen LogP contribution in [-0.4, -0.2) is 15.4 Å². The standard InChI is InChI=1S/C9H11F2NOS/c10-9(11)3-1-6(5-9)8(13)7-2-4-12-14-7/h2,4,6,8,13H,1,3,5H2. The van der Waals surface area contributed by atoms with Crippen LogP contribution in [0.15, 0.2) is 12.3 Å². The van der Waals surface area contributed by atoms with Gasteiger partial charge in [0.05, 0.1) is 11.0 Å². The third kappa shape index (κ3) is 1.93. The van der Waals surface area contributed by atoms with Crippen molar-refractivity contribution in [2.24, 2.45) is 5.92 Å². The van der Waals surface area contributed by atoms with Gasteiger partial charge in [-0.1, -0.05) is 0 Å². The molecule has 2 unspecified atom stereocenters. The van der Waals surface area contributed by atoms with Crippen LogP contribution in [0.3, 0.4) is 0 Å². The van der Waals surface area contributed by atoms with Crippen molar-refractivity contribution in [3.8, 4) is 0 Å². The molecule has 1 N–H and O–H groups in total. The maximum absolute atomic E-state index is 12.9. The average molecular weight is 219 g/mol. The van der Waals surface area contributed by atoms with Crippen molar-refractivity contribution in [3.05, 3.63) is 17.1 Å². The van der Waals surface area contributed by atoms with E-state index in [-0.39, 0.29) is 18.8 Å². The Hall–Kier alpha value is -0.550. The van der Waals surface area contributed by atoms with Crippen LogP contribution in [0, 0.1) is 5.92 Å². The number of hydrogen-bond donors (Lipinski definition) is 1. The number of hydrogen-bond acceptors (Lipinski definition) is 3. The highest BCUT2D eigenvalue weighted by atomic mass is 32.1. The Labute approximate surface area is 84.7 Å². The van der Waals surface area contributed by atoms with Crippen LogP contribution in [0.25, 0.3) is 0 Å². The normalized spacial score (nSPS) is 27.8. The van der Waals surface area contributed by atoms with Crippen molar-refractivity contribution < 1.29 is 13.9 Å². The van der Waals surface area contributed by atoms with Crippen LogP contribution < -0.4 is 0 Å². The SMILES string of the molecule is OC(c1ccns1)C1CCC(F)(F)C1. The molecule has 78 valence electrons. The summed E-state index contributed by atoms with van der Waals surface area (Å²) in [7, 11) is 0. The molecule has 2 atom stereocenters. The van der Waals surface area contributed by atoms with Crippen molar-refractivity contribution in [2.45, 2.75) is 31.3 Å². The average Bonchev–Trinajstić information content (AvgIpc) is 2.72. The fourth-order valence-electron chi connectivity index (χ4n) is 1.86. The largest absolute Gasteiger partial charge is 0.387 e. The fourth-order valence-corrected chi connectivity index (χ4v) is 2.53. The molecule has 2 rings (SSSR count). The molecule has 0 saturated heterocycles. The van der Waals surface area contributed by atoms with Gasteiger partial charge >= 0.3 is 0 Å². The van der Waals surface area contributed by atoms with Crippen LogP contribution in [0.1, 0.15) is 30.2 Å². The van der Waals surface area contributed by atoms with E-state index in [0.717, 1.165) is 0 Å². The van der Waals surface area contributed by atoms with Gasteiger partial charge in [0, 0.05) is 19.0 Å². The zero-order valence-electron chi connectivity index (χ0n) is 7.49. The molecule has 1 aliphatic carbocycles. The summed E-state index contributed by atoms with van der Waals surface area (Å²) >= 11 is 1.17. The molecule has 0 radical (unpaired) electrons. The third-order valence-corrected chi connectivity index (χ3v) is 3.45. The Morgan fingerprint density at radius 1 is 1.64 bits per heavy atom. The van der Waals surface area contributed by atoms with Crippen LogP contribution in [0.2, 0.25) is 0 Å². The molecular weight excluding hydrogens is 208 g/mol. The Bertz CT molecular complexity index is 302. The quantitative estimate of drug-likeness (QED) is 0.829. The highest BCUT2D eigenvalue weighted by Gasteiger charge is 2.42. The Morgan fingerprint density at radius 2 is 2.43 bits per heavy atom. The zero-order chi connectivity index (χ0) is 10.2. The van der Waals surface area contributed by atoms with Crippen LogP contribution in [0.4, 0.5) is 8.78 Å². The molecule has 1 aliphatic rings. The molecular formula is C9H11F2NOS. The number of aromatic nitrogens is 1. The van der Waals surface area contributed by atoms with Gasteiger partial charge < -0.3 is 5.11 Å². The highest BCUT2D eigenvalue weighted by molar-refractivity contribution is 7.05. The molecule has 1 saturated carbocycles. The molecule has 0 spiro atoms. The Morgan fingerprint density at radius 3 is 2.93 bits per heavy atom. The molecule has 0 amide bonds. The van der Waals surface area contributed by atoms with Gasteiger partial charge in [0.2, 0.25) is 5.92 Å². The Kier molecular flexibility index (Phi) is 2.53. The smallest absolute Gasteiger partial charge is 0.248 e. The van der Waals surface area contributed by atoms with E-state index in [1.165, 1.54) is 11.5 Å². The lowest BCUT2D eigenvalue weighted by Gasteiger charge is -2.15. The molecule has 2 nitrogen and oxygen atoms in total. The van der Waals surface area contributed by atoms with E-state index < -0.39 is 12.0 Å². The van der Waals surface area contributed by atoms with E-state index in [0.29, 0.717) is 11.3 Å². The summed E-state index contributed by atoms with van der Waals surface area (Å²) in [6, 6.07) is 1.69. The van der Waals surface area contributed by atoms with Crippen LogP contribution in [-0.2, 0) is 0 Å². The monoisotopic (exact) mass is 219 g/mol. The van der Waals surface area contributed by atoms with E-state index in [4.69, 9.17) is 0 Å². The number of aliphatic hydroxyl groups is 1. The van der Waals surface area contributed by atoms with Gasteiger partial charge in [-0.15, -0.1) is 0 Å². The summed E-state index contributed by atoms with van der Waals surface area (Å²) in [5.41, 5.74) is 0. The van der Waals surface area contributed by atoms with Gasteiger partial charge in [-0.05, 0) is 29.9 Å². The molecule has 0 bridgehead atoms.